The molecule has 102 valence electrons. The van der Waals surface area contributed by atoms with Crippen molar-refractivity contribution in [3.8, 4) is 0 Å². The first-order valence-corrected chi connectivity index (χ1v) is 6.64. The molecule has 2 unspecified atom stereocenters. The molecular formula is C14H19N3O2. The molecule has 0 aliphatic carbocycles. The maximum absolute atomic E-state index is 12.4. The summed E-state index contributed by atoms with van der Waals surface area (Å²) >= 11 is 0. The number of rotatable bonds is 3. The predicted octanol–water partition coefficient (Wildman–Crippen LogP) is 1.41. The Morgan fingerprint density at radius 3 is 2.53 bits per heavy atom. The molecule has 0 radical (unpaired) electrons. The van der Waals surface area contributed by atoms with Gasteiger partial charge in [-0.05, 0) is 31.9 Å². The zero-order valence-corrected chi connectivity index (χ0v) is 11.5. The smallest absolute Gasteiger partial charge is 0.250 e. The molecule has 1 aromatic heterocycles. The molecule has 0 bridgehead atoms. The number of nitrogens with zero attached hydrogens (tertiary/aromatic N) is 2. The number of aromatic nitrogens is 1. The van der Waals surface area contributed by atoms with Crippen molar-refractivity contribution >= 4 is 17.5 Å². The summed E-state index contributed by atoms with van der Waals surface area (Å²) in [6.45, 7) is 5.68. The van der Waals surface area contributed by atoms with Crippen molar-refractivity contribution in [2.45, 2.75) is 45.7 Å². The van der Waals surface area contributed by atoms with Gasteiger partial charge in [0, 0.05) is 5.69 Å². The number of hydrogen-bond donors (Lipinski definition) is 1. The third-order valence-corrected chi connectivity index (χ3v) is 3.44. The van der Waals surface area contributed by atoms with Gasteiger partial charge < -0.3 is 5.32 Å². The molecule has 5 heteroatoms. The van der Waals surface area contributed by atoms with Gasteiger partial charge in [-0.15, -0.1) is 0 Å². The molecule has 1 aliphatic heterocycles. The summed E-state index contributed by atoms with van der Waals surface area (Å²) < 4.78 is 0. The number of pyridine rings is 1. The summed E-state index contributed by atoms with van der Waals surface area (Å²) in [6, 6.07) is 2.81. The fraction of sp³-hybridized carbons (Fsp3) is 0.500. The normalized spacial score (nSPS) is 23.4. The molecule has 0 aromatic carbocycles. The first-order chi connectivity index (χ1) is 9.08. The summed E-state index contributed by atoms with van der Waals surface area (Å²) in [6.07, 6.45) is 2.83. The fourth-order valence-electron chi connectivity index (χ4n) is 2.32. The van der Waals surface area contributed by atoms with Crippen LogP contribution < -0.4 is 10.2 Å². The van der Waals surface area contributed by atoms with E-state index in [4.69, 9.17) is 0 Å². The summed E-state index contributed by atoms with van der Waals surface area (Å²) in [7, 11) is 0. The minimum atomic E-state index is -0.445. The number of anilines is 1. The van der Waals surface area contributed by atoms with Gasteiger partial charge in [0.25, 0.3) is 0 Å². The maximum atomic E-state index is 12.4. The average molecular weight is 261 g/mol. The summed E-state index contributed by atoms with van der Waals surface area (Å²) in [4.78, 5) is 30.3. The summed E-state index contributed by atoms with van der Waals surface area (Å²) in [5.74, 6) is -0.144. The van der Waals surface area contributed by atoms with Crippen LogP contribution in [-0.2, 0) is 9.59 Å². The van der Waals surface area contributed by atoms with Gasteiger partial charge in [0.1, 0.15) is 12.1 Å². The molecule has 2 heterocycles. The molecule has 1 fully saturated rings. The third-order valence-electron chi connectivity index (χ3n) is 3.44. The van der Waals surface area contributed by atoms with Crippen LogP contribution in [0.2, 0.25) is 0 Å². The Bertz CT molecular complexity index is 484. The van der Waals surface area contributed by atoms with E-state index in [1.54, 1.807) is 11.1 Å². The lowest BCUT2D eigenvalue weighted by Crippen LogP contribution is -2.63. The largest absolute Gasteiger partial charge is 0.342 e. The van der Waals surface area contributed by atoms with Gasteiger partial charge in [-0.25, -0.2) is 0 Å². The van der Waals surface area contributed by atoms with Crippen molar-refractivity contribution in [3.63, 3.8) is 0 Å². The van der Waals surface area contributed by atoms with E-state index in [1.165, 1.54) is 0 Å². The number of amides is 2. The SMILES string of the molecule is CCC1NC(=O)C(CC)N(c2ccc(C)nc2)C1=O. The second kappa shape index (κ2) is 5.38. The lowest BCUT2D eigenvalue weighted by Gasteiger charge is -2.38. The quantitative estimate of drug-likeness (QED) is 0.894. The molecule has 1 aliphatic rings. The van der Waals surface area contributed by atoms with Crippen molar-refractivity contribution in [3.05, 3.63) is 24.0 Å². The second-order valence-electron chi connectivity index (χ2n) is 4.76. The third kappa shape index (κ3) is 2.45. The van der Waals surface area contributed by atoms with Crippen molar-refractivity contribution < 1.29 is 9.59 Å². The van der Waals surface area contributed by atoms with Gasteiger partial charge in [0.2, 0.25) is 11.8 Å². The zero-order chi connectivity index (χ0) is 14.0. The van der Waals surface area contributed by atoms with E-state index in [-0.39, 0.29) is 11.8 Å². The topological polar surface area (TPSA) is 62.3 Å². The van der Waals surface area contributed by atoms with Crippen molar-refractivity contribution in [2.24, 2.45) is 0 Å². The second-order valence-corrected chi connectivity index (χ2v) is 4.76. The fourth-order valence-corrected chi connectivity index (χ4v) is 2.32. The van der Waals surface area contributed by atoms with Crippen LogP contribution in [0, 0.1) is 6.92 Å². The number of aryl methyl sites for hydroxylation is 1. The summed E-state index contributed by atoms with van der Waals surface area (Å²) in [5, 5.41) is 2.78. The van der Waals surface area contributed by atoms with Crippen LogP contribution in [0.1, 0.15) is 32.4 Å². The van der Waals surface area contributed by atoms with Gasteiger partial charge in [-0.1, -0.05) is 13.8 Å². The Balaban J connectivity index is 2.39. The standard InChI is InChI=1S/C14H19N3O2/c1-4-11-14(19)17(12(5-2)13(18)16-11)10-7-6-9(3)15-8-10/h6-8,11-12H,4-5H2,1-3H3,(H,16,18). The first-order valence-electron chi connectivity index (χ1n) is 6.64. The Morgan fingerprint density at radius 1 is 1.26 bits per heavy atom. The number of nitrogens with one attached hydrogen (secondary N) is 1. The average Bonchev–Trinajstić information content (AvgIpc) is 2.41. The molecule has 5 nitrogen and oxygen atoms in total. The van der Waals surface area contributed by atoms with Crippen molar-refractivity contribution in [1.29, 1.82) is 0 Å². The van der Waals surface area contributed by atoms with E-state index >= 15 is 0 Å². The molecule has 1 aromatic rings. The van der Waals surface area contributed by atoms with E-state index in [1.807, 2.05) is 32.9 Å². The highest BCUT2D eigenvalue weighted by atomic mass is 16.2. The Labute approximate surface area is 113 Å². The minimum absolute atomic E-state index is 0.0559. The van der Waals surface area contributed by atoms with E-state index in [0.717, 1.165) is 5.69 Å². The van der Waals surface area contributed by atoms with Gasteiger partial charge in [0.05, 0.1) is 11.9 Å². The highest BCUT2D eigenvalue weighted by molar-refractivity contribution is 6.08. The molecule has 0 saturated carbocycles. The maximum Gasteiger partial charge on any atom is 0.250 e. The van der Waals surface area contributed by atoms with Crippen LogP contribution in [0.3, 0.4) is 0 Å². The van der Waals surface area contributed by atoms with Gasteiger partial charge in [0.15, 0.2) is 0 Å². The van der Waals surface area contributed by atoms with E-state index in [2.05, 4.69) is 10.3 Å². The van der Waals surface area contributed by atoms with Crippen LogP contribution in [-0.4, -0.2) is 28.9 Å². The highest BCUT2D eigenvalue weighted by Crippen LogP contribution is 2.23. The van der Waals surface area contributed by atoms with Gasteiger partial charge in [-0.2, -0.15) is 0 Å². The molecule has 2 atom stereocenters. The lowest BCUT2D eigenvalue weighted by molar-refractivity contribution is -0.134. The minimum Gasteiger partial charge on any atom is -0.342 e. The van der Waals surface area contributed by atoms with Crippen LogP contribution >= 0.6 is 0 Å². The van der Waals surface area contributed by atoms with Crippen LogP contribution in [0.5, 0.6) is 0 Å². The van der Waals surface area contributed by atoms with E-state index in [0.29, 0.717) is 18.5 Å². The molecule has 19 heavy (non-hydrogen) atoms. The molecule has 1 saturated heterocycles. The predicted molar refractivity (Wildman–Crippen MR) is 72.8 cm³/mol. The number of hydrogen-bond acceptors (Lipinski definition) is 3. The summed E-state index contributed by atoms with van der Waals surface area (Å²) in [5.41, 5.74) is 1.58. The molecule has 2 amide bonds. The highest BCUT2D eigenvalue weighted by Gasteiger charge is 2.39. The Morgan fingerprint density at radius 2 is 2.00 bits per heavy atom. The van der Waals surface area contributed by atoms with Crippen LogP contribution in [0.15, 0.2) is 18.3 Å². The van der Waals surface area contributed by atoms with Gasteiger partial charge in [-0.3, -0.25) is 19.5 Å². The molecule has 1 N–H and O–H groups in total. The zero-order valence-electron chi connectivity index (χ0n) is 11.5. The molecule has 2 rings (SSSR count). The van der Waals surface area contributed by atoms with Crippen molar-refractivity contribution in [1.82, 2.24) is 10.3 Å². The molecule has 0 spiro atoms. The van der Waals surface area contributed by atoms with Crippen molar-refractivity contribution in [2.75, 3.05) is 4.90 Å². The monoisotopic (exact) mass is 261 g/mol. The van der Waals surface area contributed by atoms with E-state index in [9.17, 15) is 9.59 Å². The molecular weight excluding hydrogens is 242 g/mol. The number of carbonyl (C=O) groups is 2. The Kier molecular flexibility index (Phi) is 3.83. The first kappa shape index (κ1) is 13.5. The van der Waals surface area contributed by atoms with Crippen LogP contribution in [0.25, 0.3) is 0 Å². The van der Waals surface area contributed by atoms with E-state index < -0.39 is 12.1 Å². The van der Waals surface area contributed by atoms with Crippen LogP contribution in [0.4, 0.5) is 5.69 Å². The Hall–Kier alpha value is -1.91. The van der Waals surface area contributed by atoms with Gasteiger partial charge >= 0.3 is 0 Å². The number of piperazine rings is 1. The lowest BCUT2D eigenvalue weighted by atomic mass is 10.0. The number of carbonyl (C=O) groups excluding carboxylic acids is 2.